The minimum atomic E-state index is -3.91. The lowest BCUT2D eigenvalue weighted by molar-refractivity contribution is -0.117. The second kappa shape index (κ2) is 11.4. The number of amides is 1. The third-order valence-corrected chi connectivity index (χ3v) is 8.24. The van der Waals surface area contributed by atoms with Gasteiger partial charge in [-0.15, -0.1) is 15.7 Å². The smallest absolute Gasteiger partial charge is 0.387 e. The van der Waals surface area contributed by atoms with Gasteiger partial charge in [-0.1, -0.05) is 27.7 Å². The summed E-state index contributed by atoms with van der Waals surface area (Å²) in [5.41, 5.74) is 0.379. The number of halogens is 3. The number of carbonyl (C=O) groups excluding carboxylic acids is 1. The summed E-state index contributed by atoms with van der Waals surface area (Å²) in [6.07, 6.45) is -0.296. The van der Waals surface area contributed by atoms with Crippen LogP contribution in [0.3, 0.4) is 0 Å². The molecule has 0 saturated carbocycles. The van der Waals surface area contributed by atoms with E-state index in [1.807, 2.05) is 27.7 Å². The van der Waals surface area contributed by atoms with Crippen LogP contribution >= 0.6 is 24.8 Å². The topological polar surface area (TPSA) is 102 Å². The highest BCUT2D eigenvalue weighted by Crippen LogP contribution is 2.35. The number of aliphatic hydroxyl groups is 1. The van der Waals surface area contributed by atoms with Gasteiger partial charge in [0.25, 0.3) is 5.91 Å². The molecule has 0 radical (unpaired) electrons. The first-order chi connectivity index (χ1) is 15.0. The molecule has 1 aromatic heterocycles. The third-order valence-electron chi connectivity index (χ3n) is 4.85. The fourth-order valence-corrected chi connectivity index (χ4v) is 5.74. The fraction of sp³-hybridized carbons (Fsp3) is 0.500. The van der Waals surface area contributed by atoms with Gasteiger partial charge in [0.15, 0.2) is 19.9 Å². The quantitative estimate of drug-likeness (QED) is 0.459. The Kier molecular flexibility index (Phi) is 10.2. The first kappa shape index (κ1) is 30.4. The number of hydrogen-bond donors (Lipinski definition) is 2. The van der Waals surface area contributed by atoms with E-state index in [1.165, 1.54) is 26.0 Å². The second-order valence-electron chi connectivity index (χ2n) is 8.80. The monoisotopic (exact) mass is 540 g/mol. The first-order valence-electron chi connectivity index (χ1n) is 10.2. The number of carbonyl (C=O) groups is 1. The molecule has 0 aliphatic heterocycles. The normalized spacial score (nSPS) is 13.7. The highest BCUT2D eigenvalue weighted by molar-refractivity contribution is 7.93. The predicted molar refractivity (Wildman–Crippen MR) is 133 cm³/mol. The molecule has 0 bridgehead atoms. The van der Waals surface area contributed by atoms with E-state index in [4.69, 9.17) is 5.14 Å². The van der Waals surface area contributed by atoms with Crippen LogP contribution in [0.5, 0.6) is 5.75 Å². The predicted octanol–water partition coefficient (Wildman–Crippen LogP) is 5.55. The molecule has 3 N–H and O–H groups in total. The molecule has 34 heavy (non-hydrogen) atoms. The molecule has 0 saturated heterocycles. The first-order valence-corrected chi connectivity index (χ1v) is 12.6. The van der Waals surface area contributed by atoms with E-state index < -0.39 is 38.1 Å². The molecule has 1 heterocycles. The van der Waals surface area contributed by atoms with E-state index in [0.717, 1.165) is 6.07 Å². The van der Waals surface area contributed by atoms with Crippen molar-refractivity contribution in [2.24, 2.45) is 9.50 Å². The summed E-state index contributed by atoms with van der Waals surface area (Å²) >= 11 is 0.686. The van der Waals surface area contributed by atoms with Gasteiger partial charge < -0.3 is 9.84 Å². The SMILES string of the molecule is CC(C)c1cc(OC(F)F)cc(C(C)C)c1CC(=O)N=S(N)(=O)c1sc(C(C)(C)O)cc1F.S. The van der Waals surface area contributed by atoms with Crippen LogP contribution in [-0.2, 0) is 26.7 Å². The van der Waals surface area contributed by atoms with Crippen molar-refractivity contribution in [3.63, 3.8) is 0 Å². The Morgan fingerprint density at radius 2 is 1.68 bits per heavy atom. The minimum absolute atomic E-state index is 0. The van der Waals surface area contributed by atoms with Gasteiger partial charge in [0, 0.05) is 4.88 Å². The van der Waals surface area contributed by atoms with Crippen molar-refractivity contribution in [2.45, 2.75) is 76.2 Å². The van der Waals surface area contributed by atoms with Gasteiger partial charge in [-0.05, 0) is 60.6 Å². The Balaban J connectivity index is 0.00000578. The lowest BCUT2D eigenvalue weighted by Gasteiger charge is -2.21. The van der Waals surface area contributed by atoms with Gasteiger partial charge in [-0.2, -0.15) is 22.3 Å². The average molecular weight is 541 g/mol. The highest BCUT2D eigenvalue weighted by atomic mass is 32.2. The Morgan fingerprint density at radius 3 is 2.06 bits per heavy atom. The van der Waals surface area contributed by atoms with Gasteiger partial charge in [0.05, 0.1) is 12.0 Å². The number of nitrogens with two attached hydrogens (primary N) is 1. The van der Waals surface area contributed by atoms with Crippen molar-refractivity contribution >= 4 is 40.7 Å². The molecule has 1 aromatic carbocycles. The molecule has 192 valence electrons. The Bertz CT molecular complexity index is 1120. The Labute approximate surface area is 209 Å². The van der Waals surface area contributed by atoms with Gasteiger partial charge in [-0.25, -0.2) is 13.7 Å². The molecule has 2 rings (SSSR count). The largest absolute Gasteiger partial charge is 0.435 e. The van der Waals surface area contributed by atoms with Crippen molar-refractivity contribution in [2.75, 3.05) is 0 Å². The number of alkyl halides is 2. The van der Waals surface area contributed by atoms with Crippen LogP contribution in [0.15, 0.2) is 26.8 Å². The molecule has 6 nitrogen and oxygen atoms in total. The van der Waals surface area contributed by atoms with E-state index in [0.29, 0.717) is 28.0 Å². The van der Waals surface area contributed by atoms with E-state index in [2.05, 4.69) is 9.10 Å². The number of rotatable bonds is 8. The van der Waals surface area contributed by atoms with Crippen LogP contribution in [-0.4, -0.2) is 21.8 Å². The molecular formula is C22H31F3N2O4S3. The summed E-state index contributed by atoms with van der Waals surface area (Å²) < 4.78 is 60.6. The maximum absolute atomic E-state index is 14.4. The van der Waals surface area contributed by atoms with Crippen molar-refractivity contribution in [1.82, 2.24) is 0 Å². The fourth-order valence-electron chi connectivity index (χ4n) is 3.32. The van der Waals surface area contributed by atoms with E-state index in [1.54, 1.807) is 0 Å². The zero-order valence-corrected chi connectivity index (χ0v) is 22.5. The number of benzene rings is 1. The van der Waals surface area contributed by atoms with Crippen molar-refractivity contribution in [3.8, 4) is 5.75 Å². The average Bonchev–Trinajstić information content (AvgIpc) is 3.04. The number of hydrogen-bond acceptors (Lipinski definition) is 5. The van der Waals surface area contributed by atoms with Gasteiger partial charge in [-0.3, -0.25) is 4.79 Å². The summed E-state index contributed by atoms with van der Waals surface area (Å²) in [7, 11) is -3.91. The molecule has 0 fully saturated rings. The number of ether oxygens (including phenoxy) is 1. The highest BCUT2D eigenvalue weighted by Gasteiger charge is 2.27. The molecule has 0 aliphatic rings. The number of nitrogens with zero attached hydrogens (tertiary/aromatic N) is 1. The summed E-state index contributed by atoms with van der Waals surface area (Å²) in [4.78, 5) is 13.0. The maximum Gasteiger partial charge on any atom is 0.387 e. The van der Waals surface area contributed by atoms with Crippen molar-refractivity contribution < 1.29 is 32.0 Å². The van der Waals surface area contributed by atoms with Crippen molar-refractivity contribution in [1.29, 1.82) is 0 Å². The summed E-state index contributed by atoms with van der Waals surface area (Å²) in [6.45, 7) is 7.22. The molecule has 0 spiro atoms. The van der Waals surface area contributed by atoms with Gasteiger partial charge in [0.2, 0.25) is 0 Å². The zero-order chi connectivity index (χ0) is 25.3. The van der Waals surface area contributed by atoms with Crippen molar-refractivity contribution in [3.05, 3.63) is 45.6 Å². The molecule has 12 heteroatoms. The van der Waals surface area contributed by atoms with Crippen LogP contribution in [0.1, 0.15) is 74.9 Å². The van der Waals surface area contributed by atoms with E-state index >= 15 is 0 Å². The summed E-state index contributed by atoms with van der Waals surface area (Å²) in [5, 5.41) is 15.8. The van der Waals surface area contributed by atoms with Crippen LogP contribution in [0, 0.1) is 5.82 Å². The summed E-state index contributed by atoms with van der Waals surface area (Å²) in [6, 6.07) is 3.90. The molecule has 2 aromatic rings. The van der Waals surface area contributed by atoms with Gasteiger partial charge >= 0.3 is 6.61 Å². The lowest BCUT2D eigenvalue weighted by atomic mass is 9.86. The van der Waals surface area contributed by atoms with Crippen LogP contribution in [0.2, 0.25) is 0 Å². The Hall–Kier alpha value is -1.60. The maximum atomic E-state index is 14.4. The molecule has 1 amide bonds. The standard InChI is InChI=1S/C22H29F3N2O4S2.H2S/c1-11(2)14-7-13(31-21(24)25)8-15(12(3)4)16(14)9-19(28)27-33(26,30)20-17(23)10-18(32-20)22(5,6)29;/h7-8,10-12,21,29H,9H2,1-6H3,(H2,26,27,28,30);1H2. The third kappa shape index (κ3) is 7.45. The summed E-state index contributed by atoms with van der Waals surface area (Å²) in [5.74, 6) is -2.06. The van der Waals surface area contributed by atoms with E-state index in [9.17, 15) is 27.3 Å². The molecule has 1 unspecified atom stereocenters. The van der Waals surface area contributed by atoms with Crippen LogP contribution < -0.4 is 9.88 Å². The van der Waals surface area contributed by atoms with E-state index in [-0.39, 0.29) is 42.4 Å². The Morgan fingerprint density at radius 1 is 1.18 bits per heavy atom. The van der Waals surface area contributed by atoms with Gasteiger partial charge in [0.1, 0.15) is 5.75 Å². The second-order valence-corrected chi connectivity index (χ2v) is 11.8. The number of thiophene rings is 1. The zero-order valence-electron chi connectivity index (χ0n) is 19.8. The molecule has 1 atom stereocenters. The molecular weight excluding hydrogens is 509 g/mol. The lowest BCUT2D eigenvalue weighted by Crippen LogP contribution is -2.17. The van der Waals surface area contributed by atoms with Crippen LogP contribution in [0.25, 0.3) is 0 Å². The molecule has 0 aliphatic carbocycles. The minimum Gasteiger partial charge on any atom is -0.435 e. The van der Waals surface area contributed by atoms with Crippen LogP contribution in [0.4, 0.5) is 13.2 Å².